The van der Waals surface area contributed by atoms with Crippen LogP contribution in [0.25, 0.3) is 0 Å². The molecule has 0 fully saturated rings. The molecule has 1 heterocycles. The molecule has 0 aliphatic rings. The average Bonchev–Trinajstić information content (AvgIpc) is 2.64. The van der Waals surface area contributed by atoms with E-state index in [1.165, 1.54) is 30.7 Å². The number of hydrogen-bond acceptors (Lipinski definition) is 0. The molecule has 0 radical (unpaired) electrons. The minimum atomic E-state index is 0.962. The third-order valence-electron chi connectivity index (χ3n) is 2.85. The van der Waals surface area contributed by atoms with Crippen LogP contribution >= 0.6 is 0 Å². The number of hydrogen-bond donors (Lipinski definition) is 0. The molecule has 1 aromatic heterocycles. The first-order chi connectivity index (χ1) is 7.83. The lowest BCUT2D eigenvalue weighted by atomic mass is 10.2. The number of nitrogens with zero attached hydrogens (tertiary/aromatic N) is 1. The molecule has 1 heteroatoms. The Labute approximate surface area is 99.5 Å². The highest BCUT2D eigenvalue weighted by Gasteiger charge is 2.05. The zero-order valence-corrected chi connectivity index (χ0v) is 10.4. The van der Waals surface area contributed by atoms with E-state index in [1.807, 2.05) is 12.2 Å². The van der Waals surface area contributed by atoms with Gasteiger partial charge in [-0.15, -0.1) is 13.2 Å². The van der Waals surface area contributed by atoms with E-state index in [9.17, 15) is 0 Å². The molecule has 0 amide bonds. The van der Waals surface area contributed by atoms with Gasteiger partial charge < -0.3 is 4.57 Å². The summed E-state index contributed by atoms with van der Waals surface area (Å²) in [5, 5.41) is 0. The van der Waals surface area contributed by atoms with Gasteiger partial charge in [0.2, 0.25) is 0 Å². The van der Waals surface area contributed by atoms with Crippen LogP contribution in [0.5, 0.6) is 0 Å². The summed E-state index contributed by atoms with van der Waals surface area (Å²) >= 11 is 0. The van der Waals surface area contributed by atoms with Crippen molar-refractivity contribution >= 4 is 0 Å². The molecule has 0 unspecified atom stereocenters. The van der Waals surface area contributed by atoms with Gasteiger partial charge in [0.1, 0.15) is 0 Å². The van der Waals surface area contributed by atoms with Crippen molar-refractivity contribution in [3.63, 3.8) is 0 Å². The van der Waals surface area contributed by atoms with E-state index in [0.717, 1.165) is 19.4 Å². The molecule has 1 nitrogen and oxygen atoms in total. The second-order valence-corrected chi connectivity index (χ2v) is 4.16. The van der Waals surface area contributed by atoms with Crippen LogP contribution in [-0.2, 0) is 19.4 Å². The van der Waals surface area contributed by atoms with Gasteiger partial charge in [0.05, 0.1) is 0 Å². The number of allylic oxidation sites excluding steroid dienone is 2. The van der Waals surface area contributed by atoms with Gasteiger partial charge in [0, 0.05) is 30.8 Å². The molecule has 16 heavy (non-hydrogen) atoms. The molecule has 0 spiro atoms. The highest BCUT2D eigenvalue weighted by molar-refractivity contribution is 5.20. The average molecular weight is 217 g/mol. The van der Waals surface area contributed by atoms with Crippen molar-refractivity contribution in [3.05, 3.63) is 48.8 Å². The minimum Gasteiger partial charge on any atom is -0.348 e. The quantitative estimate of drug-likeness (QED) is 0.455. The first kappa shape index (κ1) is 12.8. The standard InChI is InChI=1S/C15H23N/c1-4-7-8-13-16-14(9-5-2)11-12-15(16)10-6-3/h5-6,11-12H,2-4,7-10,13H2,1H3. The summed E-state index contributed by atoms with van der Waals surface area (Å²) in [7, 11) is 0. The van der Waals surface area contributed by atoms with Crippen LogP contribution < -0.4 is 0 Å². The fraction of sp³-hybridized carbons (Fsp3) is 0.467. The van der Waals surface area contributed by atoms with Crippen LogP contribution in [-0.4, -0.2) is 4.57 Å². The Morgan fingerprint density at radius 3 is 2.06 bits per heavy atom. The molecule has 0 aromatic carbocycles. The largest absolute Gasteiger partial charge is 0.348 e. The molecule has 1 rings (SSSR count). The molecule has 0 saturated heterocycles. The summed E-state index contributed by atoms with van der Waals surface area (Å²) in [6.07, 6.45) is 9.72. The van der Waals surface area contributed by atoms with Crippen molar-refractivity contribution in [1.29, 1.82) is 0 Å². The van der Waals surface area contributed by atoms with Crippen molar-refractivity contribution in [3.8, 4) is 0 Å². The number of aromatic nitrogens is 1. The molecule has 0 bridgehead atoms. The summed E-state index contributed by atoms with van der Waals surface area (Å²) in [5.74, 6) is 0. The monoisotopic (exact) mass is 217 g/mol. The summed E-state index contributed by atoms with van der Waals surface area (Å²) < 4.78 is 2.43. The van der Waals surface area contributed by atoms with E-state index in [0.29, 0.717) is 0 Å². The Morgan fingerprint density at radius 2 is 1.62 bits per heavy atom. The van der Waals surface area contributed by atoms with Crippen molar-refractivity contribution in [2.24, 2.45) is 0 Å². The van der Waals surface area contributed by atoms with Gasteiger partial charge in [-0.05, 0) is 18.6 Å². The van der Waals surface area contributed by atoms with Gasteiger partial charge in [-0.3, -0.25) is 0 Å². The van der Waals surface area contributed by atoms with Crippen LogP contribution in [0, 0.1) is 0 Å². The molecule has 0 aliphatic carbocycles. The molecule has 0 aliphatic heterocycles. The third kappa shape index (κ3) is 3.41. The highest BCUT2D eigenvalue weighted by atomic mass is 15.0. The Bertz CT molecular complexity index is 306. The SMILES string of the molecule is C=CCc1ccc(CC=C)n1CCCCC. The fourth-order valence-electron chi connectivity index (χ4n) is 2.02. The second-order valence-electron chi connectivity index (χ2n) is 4.16. The maximum absolute atomic E-state index is 3.82. The van der Waals surface area contributed by atoms with E-state index in [-0.39, 0.29) is 0 Å². The van der Waals surface area contributed by atoms with Crippen molar-refractivity contribution in [2.45, 2.75) is 45.6 Å². The van der Waals surface area contributed by atoms with Gasteiger partial charge in [0.15, 0.2) is 0 Å². The van der Waals surface area contributed by atoms with E-state index in [2.05, 4.69) is 36.8 Å². The Hall–Kier alpha value is -1.24. The van der Waals surface area contributed by atoms with Crippen molar-refractivity contribution in [2.75, 3.05) is 0 Å². The fourth-order valence-corrected chi connectivity index (χ4v) is 2.02. The maximum Gasteiger partial charge on any atom is 0.0225 e. The predicted molar refractivity (Wildman–Crippen MR) is 71.8 cm³/mol. The number of unbranched alkanes of at least 4 members (excludes halogenated alkanes) is 2. The summed E-state index contributed by atoms with van der Waals surface area (Å²) in [6.45, 7) is 11.0. The molecular formula is C15H23N. The third-order valence-corrected chi connectivity index (χ3v) is 2.85. The molecule has 0 atom stereocenters. The Morgan fingerprint density at radius 1 is 1.06 bits per heavy atom. The van der Waals surface area contributed by atoms with Crippen LogP contribution in [0.15, 0.2) is 37.4 Å². The summed E-state index contributed by atoms with van der Waals surface area (Å²) in [5.41, 5.74) is 2.76. The van der Waals surface area contributed by atoms with Gasteiger partial charge >= 0.3 is 0 Å². The van der Waals surface area contributed by atoms with Crippen LogP contribution in [0.1, 0.15) is 37.6 Å². The van der Waals surface area contributed by atoms with Crippen LogP contribution in [0.2, 0.25) is 0 Å². The summed E-state index contributed by atoms with van der Waals surface area (Å²) in [6, 6.07) is 4.43. The maximum atomic E-state index is 3.82. The van der Waals surface area contributed by atoms with Crippen LogP contribution in [0.4, 0.5) is 0 Å². The van der Waals surface area contributed by atoms with Gasteiger partial charge in [-0.25, -0.2) is 0 Å². The zero-order chi connectivity index (χ0) is 11.8. The van der Waals surface area contributed by atoms with Gasteiger partial charge in [0.25, 0.3) is 0 Å². The lowest BCUT2D eigenvalue weighted by molar-refractivity contribution is 0.577. The molecule has 88 valence electrons. The Balaban J connectivity index is 2.76. The zero-order valence-electron chi connectivity index (χ0n) is 10.4. The molecular weight excluding hydrogens is 194 g/mol. The van der Waals surface area contributed by atoms with Crippen molar-refractivity contribution < 1.29 is 0 Å². The molecule has 0 saturated carbocycles. The molecule has 1 aromatic rings. The predicted octanol–water partition coefficient (Wildman–Crippen LogP) is 4.14. The normalized spacial score (nSPS) is 10.3. The Kier molecular flexibility index (Phi) is 5.69. The topological polar surface area (TPSA) is 4.93 Å². The van der Waals surface area contributed by atoms with E-state index < -0.39 is 0 Å². The second kappa shape index (κ2) is 7.10. The van der Waals surface area contributed by atoms with Crippen LogP contribution in [0.3, 0.4) is 0 Å². The van der Waals surface area contributed by atoms with Gasteiger partial charge in [-0.1, -0.05) is 31.9 Å². The first-order valence-electron chi connectivity index (χ1n) is 6.22. The number of rotatable bonds is 8. The lowest BCUT2D eigenvalue weighted by Crippen LogP contribution is -2.06. The molecule has 0 N–H and O–H groups in total. The van der Waals surface area contributed by atoms with E-state index in [4.69, 9.17) is 0 Å². The smallest absolute Gasteiger partial charge is 0.0225 e. The van der Waals surface area contributed by atoms with Crippen molar-refractivity contribution in [1.82, 2.24) is 4.57 Å². The summed E-state index contributed by atoms with van der Waals surface area (Å²) in [4.78, 5) is 0. The lowest BCUT2D eigenvalue weighted by Gasteiger charge is -2.11. The highest BCUT2D eigenvalue weighted by Crippen LogP contribution is 2.13. The van der Waals surface area contributed by atoms with E-state index >= 15 is 0 Å². The van der Waals surface area contributed by atoms with Gasteiger partial charge in [-0.2, -0.15) is 0 Å². The minimum absolute atomic E-state index is 0.962. The van der Waals surface area contributed by atoms with E-state index in [1.54, 1.807) is 0 Å². The first-order valence-corrected chi connectivity index (χ1v) is 6.22.